The summed E-state index contributed by atoms with van der Waals surface area (Å²) >= 11 is 0. The molecule has 0 aromatic carbocycles. The molecule has 3 atom stereocenters. The Morgan fingerprint density at radius 3 is 2.53 bits per heavy atom. The summed E-state index contributed by atoms with van der Waals surface area (Å²) in [5.41, 5.74) is 0. The Balaban J connectivity index is 1.58. The first kappa shape index (κ1) is 11.3. The van der Waals surface area contributed by atoms with E-state index in [0.29, 0.717) is 19.2 Å². The first-order chi connectivity index (χ1) is 7.25. The summed E-state index contributed by atoms with van der Waals surface area (Å²) < 4.78 is 5.54. The fourth-order valence-electron chi connectivity index (χ4n) is 2.44. The molecule has 2 aliphatic heterocycles. The maximum absolute atomic E-state index is 9.36. The lowest BCUT2D eigenvalue weighted by atomic mass is 10.1. The quantitative estimate of drug-likeness (QED) is 0.692. The fraction of sp³-hybridized carbons (Fsp3) is 1.00. The average Bonchev–Trinajstić information content (AvgIpc) is 2.79. The maximum Gasteiger partial charge on any atom is 0.0938 e. The molecule has 0 aliphatic carbocycles. The molecule has 88 valence electrons. The third-order valence-corrected chi connectivity index (χ3v) is 3.36. The van der Waals surface area contributed by atoms with Gasteiger partial charge in [-0.2, -0.15) is 0 Å². The van der Waals surface area contributed by atoms with Crippen LogP contribution in [0.5, 0.6) is 0 Å². The van der Waals surface area contributed by atoms with Gasteiger partial charge >= 0.3 is 0 Å². The number of nitrogens with zero attached hydrogens (tertiary/aromatic N) is 1. The lowest BCUT2D eigenvalue weighted by molar-refractivity contribution is 0.0572. The second-order valence-electron chi connectivity index (χ2n) is 4.67. The normalized spacial score (nSPS) is 37.6. The van der Waals surface area contributed by atoms with Gasteiger partial charge in [0.05, 0.1) is 18.3 Å². The number of β-amino-alcohol motifs (C(OH)–C–C–N with tert-alkyl or cyclic N) is 2. The summed E-state index contributed by atoms with van der Waals surface area (Å²) in [5.74, 6) is 0. The van der Waals surface area contributed by atoms with Gasteiger partial charge in [0, 0.05) is 19.7 Å². The van der Waals surface area contributed by atoms with E-state index in [1.165, 1.54) is 12.8 Å². The summed E-state index contributed by atoms with van der Waals surface area (Å²) in [7, 11) is 0. The molecule has 0 spiro atoms. The number of hydrogen-bond acceptors (Lipinski definition) is 4. The number of rotatable bonds is 4. The van der Waals surface area contributed by atoms with Gasteiger partial charge < -0.3 is 14.9 Å². The molecule has 2 N–H and O–H groups in total. The van der Waals surface area contributed by atoms with Gasteiger partial charge in [-0.1, -0.05) is 0 Å². The lowest BCUT2D eigenvalue weighted by Crippen LogP contribution is -2.24. The molecule has 0 bridgehead atoms. The van der Waals surface area contributed by atoms with Crippen LogP contribution in [0, 0.1) is 0 Å². The Kier molecular flexibility index (Phi) is 3.97. The van der Waals surface area contributed by atoms with Crippen LogP contribution in [0.2, 0.25) is 0 Å². The van der Waals surface area contributed by atoms with Crippen LogP contribution in [0.1, 0.15) is 25.7 Å². The third-order valence-electron chi connectivity index (χ3n) is 3.36. The van der Waals surface area contributed by atoms with Crippen molar-refractivity contribution in [1.29, 1.82) is 0 Å². The predicted molar refractivity (Wildman–Crippen MR) is 56.7 cm³/mol. The van der Waals surface area contributed by atoms with Crippen molar-refractivity contribution in [2.24, 2.45) is 0 Å². The van der Waals surface area contributed by atoms with Crippen molar-refractivity contribution >= 4 is 0 Å². The molecule has 3 unspecified atom stereocenters. The lowest BCUT2D eigenvalue weighted by Gasteiger charge is -2.15. The molecule has 15 heavy (non-hydrogen) atoms. The molecular weight excluding hydrogens is 194 g/mol. The molecule has 2 aliphatic rings. The largest absolute Gasteiger partial charge is 0.389 e. The first-order valence-corrected chi connectivity index (χ1v) is 5.96. The van der Waals surface area contributed by atoms with Crippen molar-refractivity contribution in [1.82, 2.24) is 4.90 Å². The fourth-order valence-corrected chi connectivity index (χ4v) is 2.44. The smallest absolute Gasteiger partial charge is 0.0938 e. The van der Waals surface area contributed by atoms with Crippen LogP contribution in [0.3, 0.4) is 0 Å². The Hall–Kier alpha value is -0.160. The van der Waals surface area contributed by atoms with Crippen LogP contribution in [0.25, 0.3) is 0 Å². The number of aliphatic hydroxyl groups is 2. The number of likely N-dealkylation sites (tertiary alicyclic amines) is 1. The zero-order valence-corrected chi connectivity index (χ0v) is 9.14. The Bertz CT molecular complexity index is 184. The van der Waals surface area contributed by atoms with E-state index in [1.807, 2.05) is 0 Å². The van der Waals surface area contributed by atoms with E-state index < -0.39 is 12.2 Å². The molecule has 4 nitrogen and oxygen atoms in total. The monoisotopic (exact) mass is 215 g/mol. The minimum absolute atomic E-state index is 0.461. The van der Waals surface area contributed by atoms with Crippen molar-refractivity contribution < 1.29 is 14.9 Å². The molecule has 2 saturated heterocycles. The van der Waals surface area contributed by atoms with E-state index in [4.69, 9.17) is 4.74 Å². The van der Waals surface area contributed by atoms with Crippen molar-refractivity contribution in [3.8, 4) is 0 Å². The highest BCUT2D eigenvalue weighted by molar-refractivity contribution is 4.83. The highest BCUT2D eigenvalue weighted by Crippen LogP contribution is 2.18. The van der Waals surface area contributed by atoms with Gasteiger partial charge in [0.2, 0.25) is 0 Å². The van der Waals surface area contributed by atoms with Crippen molar-refractivity contribution in [2.45, 2.75) is 44.0 Å². The van der Waals surface area contributed by atoms with Crippen LogP contribution in [0.4, 0.5) is 0 Å². The van der Waals surface area contributed by atoms with E-state index in [2.05, 4.69) is 4.90 Å². The second kappa shape index (κ2) is 5.25. The molecule has 0 saturated carbocycles. The predicted octanol–water partition coefficient (Wildman–Crippen LogP) is -0.0170. The molecule has 2 heterocycles. The second-order valence-corrected chi connectivity index (χ2v) is 4.67. The Morgan fingerprint density at radius 2 is 1.93 bits per heavy atom. The SMILES string of the molecule is OC1CN(CCCC2CCCO2)CC1O. The molecule has 0 aromatic heterocycles. The standard InChI is InChI=1S/C11H21NO3/c13-10-7-12(8-11(10)14)5-1-3-9-4-2-6-15-9/h9-11,13-14H,1-8H2. The Morgan fingerprint density at radius 1 is 1.20 bits per heavy atom. The van der Waals surface area contributed by atoms with Gasteiger partial charge in [-0.3, -0.25) is 4.90 Å². The van der Waals surface area contributed by atoms with E-state index >= 15 is 0 Å². The zero-order chi connectivity index (χ0) is 10.7. The van der Waals surface area contributed by atoms with Crippen LogP contribution in [0.15, 0.2) is 0 Å². The highest BCUT2D eigenvalue weighted by Gasteiger charge is 2.29. The topological polar surface area (TPSA) is 52.9 Å². The van der Waals surface area contributed by atoms with E-state index in [-0.39, 0.29) is 0 Å². The van der Waals surface area contributed by atoms with Gasteiger partial charge in [-0.25, -0.2) is 0 Å². The van der Waals surface area contributed by atoms with Crippen LogP contribution < -0.4 is 0 Å². The molecule has 4 heteroatoms. The summed E-state index contributed by atoms with van der Waals surface area (Å²) in [4.78, 5) is 2.13. The maximum atomic E-state index is 9.36. The minimum atomic E-state index is -0.548. The third kappa shape index (κ3) is 3.14. The molecule has 2 fully saturated rings. The van der Waals surface area contributed by atoms with Crippen LogP contribution in [-0.4, -0.2) is 59.7 Å². The zero-order valence-electron chi connectivity index (χ0n) is 9.14. The van der Waals surface area contributed by atoms with Crippen molar-refractivity contribution in [2.75, 3.05) is 26.2 Å². The van der Waals surface area contributed by atoms with Gasteiger partial charge in [0.1, 0.15) is 0 Å². The molecule has 0 aromatic rings. The summed E-state index contributed by atoms with van der Waals surface area (Å²) in [6.07, 6.45) is 3.98. The summed E-state index contributed by atoms with van der Waals surface area (Å²) in [6.45, 7) is 3.12. The van der Waals surface area contributed by atoms with Gasteiger partial charge in [-0.05, 0) is 32.2 Å². The van der Waals surface area contributed by atoms with E-state index in [9.17, 15) is 10.2 Å². The van der Waals surface area contributed by atoms with Crippen molar-refractivity contribution in [3.05, 3.63) is 0 Å². The van der Waals surface area contributed by atoms with E-state index in [1.54, 1.807) is 0 Å². The number of aliphatic hydroxyl groups excluding tert-OH is 2. The van der Waals surface area contributed by atoms with Crippen LogP contribution in [-0.2, 0) is 4.74 Å². The molecule has 0 radical (unpaired) electrons. The average molecular weight is 215 g/mol. The molecule has 0 amide bonds. The highest BCUT2D eigenvalue weighted by atomic mass is 16.5. The summed E-state index contributed by atoms with van der Waals surface area (Å²) in [5, 5.41) is 18.7. The molecular formula is C11H21NO3. The summed E-state index contributed by atoms with van der Waals surface area (Å²) in [6, 6.07) is 0. The van der Waals surface area contributed by atoms with Gasteiger partial charge in [0.15, 0.2) is 0 Å². The minimum Gasteiger partial charge on any atom is -0.389 e. The molecule has 2 rings (SSSR count). The Labute approximate surface area is 90.8 Å². The van der Waals surface area contributed by atoms with Crippen molar-refractivity contribution in [3.63, 3.8) is 0 Å². The first-order valence-electron chi connectivity index (χ1n) is 5.96. The van der Waals surface area contributed by atoms with Crippen LogP contribution >= 0.6 is 0 Å². The number of hydrogen-bond donors (Lipinski definition) is 2. The van der Waals surface area contributed by atoms with Gasteiger partial charge in [-0.15, -0.1) is 0 Å². The van der Waals surface area contributed by atoms with E-state index in [0.717, 1.165) is 26.0 Å². The number of ether oxygens (including phenoxy) is 1. The van der Waals surface area contributed by atoms with Gasteiger partial charge in [0.25, 0.3) is 0 Å².